The average molecular weight is 252 g/mol. The lowest BCUT2D eigenvalue weighted by molar-refractivity contribution is 0.197. The van der Waals surface area contributed by atoms with Gasteiger partial charge in [0, 0.05) is 38.6 Å². The molecule has 0 aliphatic rings. The molecular weight excluding hydrogens is 228 g/mol. The summed E-state index contributed by atoms with van der Waals surface area (Å²) in [6.07, 6.45) is 0.947. The number of ether oxygens (including phenoxy) is 1. The summed E-state index contributed by atoms with van der Waals surface area (Å²) >= 11 is 0. The number of rotatable bonds is 8. The molecule has 1 heterocycles. The number of hydrogen-bond acceptors (Lipinski definition) is 5. The van der Waals surface area contributed by atoms with Gasteiger partial charge in [0.2, 0.25) is 5.95 Å². The summed E-state index contributed by atoms with van der Waals surface area (Å²) in [6.45, 7) is 8.80. The molecule has 0 aliphatic carbocycles. The number of anilines is 2. The fourth-order valence-electron chi connectivity index (χ4n) is 1.46. The Morgan fingerprint density at radius 1 is 1.28 bits per heavy atom. The fraction of sp³-hybridized carbons (Fsp3) is 0.692. The lowest BCUT2D eigenvalue weighted by Crippen LogP contribution is -2.12. The van der Waals surface area contributed by atoms with Crippen molar-refractivity contribution in [3.05, 3.63) is 11.8 Å². The third-order valence-corrected chi connectivity index (χ3v) is 2.35. The summed E-state index contributed by atoms with van der Waals surface area (Å²) in [5, 5.41) is 6.52. The molecule has 5 nitrogen and oxygen atoms in total. The lowest BCUT2D eigenvalue weighted by Gasteiger charge is -2.11. The highest BCUT2D eigenvalue weighted by molar-refractivity contribution is 5.42. The van der Waals surface area contributed by atoms with E-state index >= 15 is 0 Å². The van der Waals surface area contributed by atoms with Crippen LogP contribution < -0.4 is 10.6 Å². The zero-order chi connectivity index (χ0) is 13.4. The number of aromatic nitrogens is 2. The van der Waals surface area contributed by atoms with Crippen LogP contribution in [0.4, 0.5) is 11.8 Å². The van der Waals surface area contributed by atoms with E-state index in [4.69, 9.17) is 4.74 Å². The predicted molar refractivity (Wildman–Crippen MR) is 75.1 cm³/mol. The average Bonchev–Trinajstić information content (AvgIpc) is 2.32. The molecule has 0 aromatic carbocycles. The first-order chi connectivity index (χ1) is 8.61. The van der Waals surface area contributed by atoms with Crippen LogP contribution in [0.2, 0.25) is 0 Å². The van der Waals surface area contributed by atoms with Gasteiger partial charge in [-0.05, 0) is 19.3 Å². The molecular formula is C13H24N4O. The maximum Gasteiger partial charge on any atom is 0.224 e. The Balaban J connectivity index is 2.51. The highest BCUT2D eigenvalue weighted by atomic mass is 16.5. The van der Waals surface area contributed by atoms with E-state index in [1.807, 2.05) is 13.0 Å². The van der Waals surface area contributed by atoms with Crippen LogP contribution in [-0.4, -0.2) is 36.8 Å². The van der Waals surface area contributed by atoms with Crippen LogP contribution in [0.1, 0.15) is 26.0 Å². The number of hydrogen-bond donors (Lipinski definition) is 2. The third-order valence-electron chi connectivity index (χ3n) is 2.35. The summed E-state index contributed by atoms with van der Waals surface area (Å²) in [5.74, 6) is 2.15. The van der Waals surface area contributed by atoms with Crippen LogP contribution >= 0.6 is 0 Å². The first kappa shape index (κ1) is 14.7. The Morgan fingerprint density at radius 3 is 2.72 bits per heavy atom. The number of nitrogens with zero attached hydrogens (tertiary/aromatic N) is 2. The molecule has 0 atom stereocenters. The second-order valence-electron chi connectivity index (χ2n) is 4.77. The van der Waals surface area contributed by atoms with E-state index < -0.39 is 0 Å². The van der Waals surface area contributed by atoms with Crippen LogP contribution in [-0.2, 0) is 4.74 Å². The van der Waals surface area contributed by atoms with E-state index in [1.54, 1.807) is 7.11 Å². The minimum atomic E-state index is 0.596. The Hall–Kier alpha value is -1.36. The standard InChI is InChI=1S/C13H24N4O/c1-10(2)9-15-12-8-11(3)16-13(17-12)14-6-5-7-18-4/h8,10H,5-7,9H2,1-4H3,(H2,14,15,16,17). The first-order valence-electron chi connectivity index (χ1n) is 6.44. The molecule has 0 bridgehead atoms. The molecule has 0 saturated heterocycles. The molecule has 0 fully saturated rings. The van der Waals surface area contributed by atoms with Crippen LogP contribution in [0.15, 0.2) is 6.07 Å². The minimum absolute atomic E-state index is 0.596. The normalized spacial score (nSPS) is 10.7. The van der Waals surface area contributed by atoms with E-state index in [0.29, 0.717) is 11.9 Å². The van der Waals surface area contributed by atoms with Crippen molar-refractivity contribution in [1.29, 1.82) is 0 Å². The van der Waals surface area contributed by atoms with Crippen molar-refractivity contribution in [2.45, 2.75) is 27.2 Å². The van der Waals surface area contributed by atoms with Crippen molar-refractivity contribution in [2.75, 3.05) is 37.4 Å². The molecule has 18 heavy (non-hydrogen) atoms. The van der Waals surface area contributed by atoms with E-state index in [1.165, 1.54) is 0 Å². The molecule has 102 valence electrons. The fourth-order valence-corrected chi connectivity index (χ4v) is 1.46. The molecule has 1 aromatic heterocycles. The maximum atomic E-state index is 5.00. The molecule has 5 heteroatoms. The van der Waals surface area contributed by atoms with Gasteiger partial charge in [-0.2, -0.15) is 4.98 Å². The van der Waals surface area contributed by atoms with E-state index in [9.17, 15) is 0 Å². The van der Waals surface area contributed by atoms with Crippen molar-refractivity contribution in [1.82, 2.24) is 9.97 Å². The zero-order valence-electron chi connectivity index (χ0n) is 11.8. The van der Waals surface area contributed by atoms with Gasteiger partial charge < -0.3 is 15.4 Å². The van der Waals surface area contributed by atoms with Gasteiger partial charge in [-0.3, -0.25) is 0 Å². The van der Waals surface area contributed by atoms with Crippen molar-refractivity contribution >= 4 is 11.8 Å². The van der Waals surface area contributed by atoms with Gasteiger partial charge in [0.1, 0.15) is 5.82 Å². The third kappa shape index (κ3) is 5.82. The Bertz CT molecular complexity index is 355. The maximum absolute atomic E-state index is 5.00. The monoisotopic (exact) mass is 252 g/mol. The number of aryl methyl sites for hydroxylation is 1. The molecule has 0 spiro atoms. The number of methoxy groups -OCH3 is 1. The molecule has 1 aromatic rings. The van der Waals surface area contributed by atoms with Crippen molar-refractivity contribution in [2.24, 2.45) is 5.92 Å². The molecule has 0 unspecified atom stereocenters. The summed E-state index contributed by atoms with van der Waals surface area (Å²) < 4.78 is 5.00. The summed E-state index contributed by atoms with van der Waals surface area (Å²) in [6, 6.07) is 1.96. The molecule has 0 saturated carbocycles. The first-order valence-corrected chi connectivity index (χ1v) is 6.44. The lowest BCUT2D eigenvalue weighted by atomic mass is 10.2. The van der Waals surface area contributed by atoms with Gasteiger partial charge >= 0.3 is 0 Å². The van der Waals surface area contributed by atoms with Crippen molar-refractivity contribution in [3.63, 3.8) is 0 Å². The Labute approximate surface area is 109 Å². The van der Waals surface area contributed by atoms with Crippen molar-refractivity contribution in [3.8, 4) is 0 Å². The van der Waals surface area contributed by atoms with E-state index in [0.717, 1.165) is 37.6 Å². The quantitative estimate of drug-likeness (QED) is 0.695. The zero-order valence-corrected chi connectivity index (χ0v) is 11.8. The number of nitrogens with one attached hydrogen (secondary N) is 2. The van der Waals surface area contributed by atoms with Gasteiger partial charge in [0.25, 0.3) is 0 Å². The molecule has 0 amide bonds. The summed E-state index contributed by atoms with van der Waals surface area (Å²) in [5.41, 5.74) is 0.963. The van der Waals surface area contributed by atoms with Gasteiger partial charge in [-0.25, -0.2) is 4.98 Å². The molecule has 1 rings (SSSR count). The molecule has 0 aliphatic heterocycles. The second-order valence-corrected chi connectivity index (χ2v) is 4.77. The SMILES string of the molecule is COCCCNc1nc(C)cc(NCC(C)C)n1. The Morgan fingerprint density at radius 2 is 2.06 bits per heavy atom. The highest BCUT2D eigenvalue weighted by Crippen LogP contribution is 2.10. The minimum Gasteiger partial charge on any atom is -0.385 e. The highest BCUT2D eigenvalue weighted by Gasteiger charge is 2.02. The molecule has 0 radical (unpaired) electrons. The van der Waals surface area contributed by atoms with Gasteiger partial charge in [0.15, 0.2) is 0 Å². The topological polar surface area (TPSA) is 59.1 Å². The Kier molecular flexibility index (Phi) is 6.43. The summed E-state index contributed by atoms with van der Waals surface area (Å²) in [7, 11) is 1.71. The van der Waals surface area contributed by atoms with Crippen LogP contribution in [0.5, 0.6) is 0 Å². The van der Waals surface area contributed by atoms with Crippen LogP contribution in [0, 0.1) is 12.8 Å². The van der Waals surface area contributed by atoms with Gasteiger partial charge in [-0.15, -0.1) is 0 Å². The van der Waals surface area contributed by atoms with E-state index in [2.05, 4.69) is 34.4 Å². The van der Waals surface area contributed by atoms with E-state index in [-0.39, 0.29) is 0 Å². The second kappa shape index (κ2) is 7.87. The van der Waals surface area contributed by atoms with Gasteiger partial charge in [-0.1, -0.05) is 13.8 Å². The molecule has 2 N–H and O–H groups in total. The largest absolute Gasteiger partial charge is 0.385 e. The summed E-state index contributed by atoms with van der Waals surface area (Å²) in [4.78, 5) is 8.78. The van der Waals surface area contributed by atoms with Crippen LogP contribution in [0.3, 0.4) is 0 Å². The smallest absolute Gasteiger partial charge is 0.224 e. The predicted octanol–water partition coefficient (Wildman–Crippen LogP) is 2.30. The van der Waals surface area contributed by atoms with Crippen molar-refractivity contribution < 1.29 is 4.74 Å². The van der Waals surface area contributed by atoms with Crippen LogP contribution in [0.25, 0.3) is 0 Å². The van der Waals surface area contributed by atoms with Gasteiger partial charge in [0.05, 0.1) is 0 Å².